The molecule has 2 rings (SSSR count). The second kappa shape index (κ2) is 6.04. The fourth-order valence-corrected chi connectivity index (χ4v) is 2.06. The molecular weight excluding hydrogens is 346 g/mol. The van der Waals surface area contributed by atoms with Gasteiger partial charge in [-0.3, -0.25) is 0 Å². The Morgan fingerprint density at radius 2 is 1.94 bits per heavy atom. The number of benzene rings is 2. The average molecular weight is 358 g/mol. The third-order valence-corrected chi connectivity index (χ3v) is 3.12. The highest BCUT2D eigenvalue weighted by Crippen LogP contribution is 2.22. The Bertz CT molecular complexity index is 543. The van der Waals surface area contributed by atoms with Gasteiger partial charge in [-0.25, -0.2) is 4.39 Å². The largest absolute Gasteiger partial charge is 0.494 e. The Balaban J connectivity index is 2.11. The maximum Gasteiger partial charge on any atom is 0.171 e. The van der Waals surface area contributed by atoms with Crippen LogP contribution in [0.2, 0.25) is 0 Å². The molecule has 18 heavy (non-hydrogen) atoms. The topological polar surface area (TPSA) is 18.5 Å². The van der Waals surface area contributed by atoms with Crippen LogP contribution in [0.5, 0.6) is 11.5 Å². The smallest absolute Gasteiger partial charge is 0.171 e. The van der Waals surface area contributed by atoms with E-state index in [0.29, 0.717) is 5.56 Å². The van der Waals surface area contributed by atoms with E-state index in [9.17, 15) is 4.39 Å². The van der Waals surface area contributed by atoms with Crippen LogP contribution in [0.25, 0.3) is 0 Å². The summed E-state index contributed by atoms with van der Waals surface area (Å²) in [5.74, 6) is 0.591. The fraction of sp³-hybridized carbons (Fsp3) is 0.143. The van der Waals surface area contributed by atoms with Crippen LogP contribution < -0.4 is 9.47 Å². The standard InChI is InChI=1S/C14H12FIO2/c1-17-13-7-2-4-10(14(13)15)9-18-12-6-3-5-11(16)8-12/h2-8H,9H2,1H3. The van der Waals surface area contributed by atoms with Crippen molar-refractivity contribution in [3.05, 3.63) is 57.4 Å². The van der Waals surface area contributed by atoms with E-state index in [1.807, 2.05) is 24.3 Å². The molecule has 0 heterocycles. The first kappa shape index (κ1) is 13.1. The van der Waals surface area contributed by atoms with Gasteiger partial charge in [0, 0.05) is 9.13 Å². The summed E-state index contributed by atoms with van der Waals surface area (Å²) in [6.07, 6.45) is 0. The summed E-state index contributed by atoms with van der Waals surface area (Å²) in [5, 5.41) is 0. The molecule has 0 aliphatic rings. The molecule has 2 aromatic carbocycles. The lowest BCUT2D eigenvalue weighted by Crippen LogP contribution is -2.00. The first-order chi connectivity index (χ1) is 8.70. The van der Waals surface area contributed by atoms with Crippen LogP contribution in [0.3, 0.4) is 0 Å². The molecule has 2 aromatic rings. The van der Waals surface area contributed by atoms with Crippen LogP contribution in [0.15, 0.2) is 42.5 Å². The Morgan fingerprint density at radius 1 is 1.17 bits per heavy atom. The van der Waals surface area contributed by atoms with Crippen molar-refractivity contribution in [2.75, 3.05) is 7.11 Å². The molecule has 0 N–H and O–H groups in total. The summed E-state index contributed by atoms with van der Waals surface area (Å²) in [6.45, 7) is 0.184. The van der Waals surface area contributed by atoms with Gasteiger partial charge in [0.15, 0.2) is 11.6 Å². The molecule has 0 spiro atoms. The summed E-state index contributed by atoms with van der Waals surface area (Å²) in [5.41, 5.74) is 0.480. The minimum absolute atomic E-state index is 0.184. The molecule has 94 valence electrons. The lowest BCUT2D eigenvalue weighted by atomic mass is 10.2. The molecule has 0 saturated carbocycles. The van der Waals surface area contributed by atoms with Crippen molar-refractivity contribution in [3.8, 4) is 11.5 Å². The maximum absolute atomic E-state index is 13.8. The van der Waals surface area contributed by atoms with E-state index in [-0.39, 0.29) is 18.2 Å². The molecule has 0 aliphatic heterocycles. The van der Waals surface area contributed by atoms with Crippen LogP contribution in [0.4, 0.5) is 4.39 Å². The van der Waals surface area contributed by atoms with E-state index in [2.05, 4.69) is 22.6 Å². The van der Waals surface area contributed by atoms with Crippen molar-refractivity contribution < 1.29 is 13.9 Å². The summed E-state index contributed by atoms with van der Waals surface area (Å²) in [6, 6.07) is 12.6. The van der Waals surface area contributed by atoms with Crippen molar-refractivity contribution in [2.45, 2.75) is 6.61 Å². The van der Waals surface area contributed by atoms with Gasteiger partial charge in [0.05, 0.1) is 7.11 Å². The van der Waals surface area contributed by atoms with Gasteiger partial charge in [0.25, 0.3) is 0 Å². The summed E-state index contributed by atoms with van der Waals surface area (Å²) >= 11 is 2.20. The third kappa shape index (κ3) is 3.13. The van der Waals surface area contributed by atoms with E-state index >= 15 is 0 Å². The first-order valence-electron chi connectivity index (χ1n) is 5.40. The van der Waals surface area contributed by atoms with Crippen LogP contribution in [0.1, 0.15) is 5.56 Å². The SMILES string of the molecule is COc1cccc(COc2cccc(I)c2)c1F. The number of hydrogen-bond donors (Lipinski definition) is 0. The molecule has 2 nitrogen and oxygen atoms in total. The quantitative estimate of drug-likeness (QED) is 0.769. The molecule has 0 saturated heterocycles. The van der Waals surface area contributed by atoms with Crippen molar-refractivity contribution in [2.24, 2.45) is 0 Å². The highest BCUT2D eigenvalue weighted by Gasteiger charge is 2.08. The third-order valence-electron chi connectivity index (χ3n) is 2.45. The Hall–Kier alpha value is -1.30. The number of rotatable bonds is 4. The molecule has 0 atom stereocenters. The normalized spacial score (nSPS) is 10.2. The number of hydrogen-bond acceptors (Lipinski definition) is 2. The van der Waals surface area contributed by atoms with Gasteiger partial charge >= 0.3 is 0 Å². The highest BCUT2D eigenvalue weighted by atomic mass is 127. The Labute approximate surface area is 119 Å². The van der Waals surface area contributed by atoms with Gasteiger partial charge in [-0.05, 0) is 46.9 Å². The highest BCUT2D eigenvalue weighted by molar-refractivity contribution is 14.1. The minimum atomic E-state index is -0.370. The van der Waals surface area contributed by atoms with E-state index in [4.69, 9.17) is 9.47 Å². The number of methoxy groups -OCH3 is 1. The Kier molecular flexibility index (Phi) is 4.41. The molecular formula is C14H12FIO2. The molecule has 0 fully saturated rings. The van der Waals surface area contributed by atoms with Crippen molar-refractivity contribution in [1.29, 1.82) is 0 Å². The van der Waals surface area contributed by atoms with Crippen LogP contribution in [-0.2, 0) is 6.61 Å². The lowest BCUT2D eigenvalue weighted by molar-refractivity contribution is 0.295. The first-order valence-corrected chi connectivity index (χ1v) is 6.48. The summed E-state index contributed by atoms with van der Waals surface area (Å²) < 4.78 is 25.4. The minimum Gasteiger partial charge on any atom is -0.494 e. The van der Waals surface area contributed by atoms with E-state index in [1.165, 1.54) is 7.11 Å². The van der Waals surface area contributed by atoms with Crippen molar-refractivity contribution in [1.82, 2.24) is 0 Å². The van der Waals surface area contributed by atoms with Crippen molar-refractivity contribution in [3.63, 3.8) is 0 Å². The van der Waals surface area contributed by atoms with Gasteiger partial charge in [0.1, 0.15) is 12.4 Å². The second-order valence-electron chi connectivity index (χ2n) is 3.68. The lowest BCUT2D eigenvalue weighted by Gasteiger charge is -2.09. The van der Waals surface area contributed by atoms with Crippen LogP contribution in [0, 0.1) is 9.39 Å². The molecule has 4 heteroatoms. The van der Waals surface area contributed by atoms with Crippen molar-refractivity contribution >= 4 is 22.6 Å². The van der Waals surface area contributed by atoms with Crippen LogP contribution >= 0.6 is 22.6 Å². The number of ether oxygens (including phenoxy) is 2. The van der Waals surface area contributed by atoms with Gasteiger partial charge in [0.2, 0.25) is 0 Å². The predicted octanol–water partition coefficient (Wildman–Crippen LogP) is 4.02. The molecule has 0 radical (unpaired) electrons. The maximum atomic E-state index is 13.8. The van der Waals surface area contributed by atoms with E-state index in [1.54, 1.807) is 18.2 Å². The van der Waals surface area contributed by atoms with Crippen LogP contribution in [-0.4, -0.2) is 7.11 Å². The molecule has 0 unspecified atom stereocenters. The zero-order valence-electron chi connectivity index (χ0n) is 9.82. The average Bonchev–Trinajstić information content (AvgIpc) is 2.38. The monoisotopic (exact) mass is 358 g/mol. The van der Waals surface area contributed by atoms with E-state index < -0.39 is 0 Å². The molecule has 0 amide bonds. The zero-order chi connectivity index (χ0) is 13.0. The zero-order valence-corrected chi connectivity index (χ0v) is 12.0. The summed E-state index contributed by atoms with van der Waals surface area (Å²) in [4.78, 5) is 0. The van der Waals surface area contributed by atoms with Gasteiger partial charge < -0.3 is 9.47 Å². The van der Waals surface area contributed by atoms with E-state index in [0.717, 1.165) is 9.32 Å². The van der Waals surface area contributed by atoms with Gasteiger partial charge in [-0.2, -0.15) is 0 Å². The second-order valence-corrected chi connectivity index (χ2v) is 4.93. The summed E-state index contributed by atoms with van der Waals surface area (Å²) in [7, 11) is 1.45. The molecule has 0 aromatic heterocycles. The van der Waals surface area contributed by atoms with Gasteiger partial charge in [-0.15, -0.1) is 0 Å². The fourth-order valence-electron chi connectivity index (χ4n) is 1.54. The predicted molar refractivity (Wildman–Crippen MR) is 76.4 cm³/mol. The Morgan fingerprint density at radius 3 is 2.67 bits per heavy atom. The molecule has 0 bridgehead atoms. The van der Waals surface area contributed by atoms with Gasteiger partial charge in [-0.1, -0.05) is 18.2 Å². The molecule has 0 aliphatic carbocycles. The number of halogens is 2.